The Labute approximate surface area is 73.1 Å². The summed E-state index contributed by atoms with van der Waals surface area (Å²) in [5.74, 6) is 0.616. The van der Waals surface area contributed by atoms with E-state index in [-0.39, 0.29) is 0 Å². The van der Waals surface area contributed by atoms with E-state index < -0.39 is 0 Å². The SMILES string of the molecule is CC(C)=Cc1ccnc(N)c1C. The lowest BCUT2D eigenvalue weighted by Gasteiger charge is -2.02. The molecule has 1 aromatic rings. The molecule has 2 N–H and O–H groups in total. The topological polar surface area (TPSA) is 38.9 Å². The molecule has 0 aliphatic carbocycles. The average Bonchev–Trinajstić information content (AvgIpc) is 1.98. The van der Waals surface area contributed by atoms with Crippen LogP contribution in [0.15, 0.2) is 17.8 Å². The van der Waals surface area contributed by atoms with E-state index in [2.05, 4.69) is 24.9 Å². The van der Waals surface area contributed by atoms with Gasteiger partial charge in [-0.1, -0.05) is 11.6 Å². The van der Waals surface area contributed by atoms with Gasteiger partial charge >= 0.3 is 0 Å². The zero-order valence-electron chi connectivity index (χ0n) is 7.76. The van der Waals surface area contributed by atoms with Gasteiger partial charge in [0.1, 0.15) is 5.82 Å². The summed E-state index contributed by atoms with van der Waals surface area (Å²) >= 11 is 0. The van der Waals surface area contributed by atoms with Crippen LogP contribution in [0.4, 0.5) is 5.82 Å². The van der Waals surface area contributed by atoms with Crippen LogP contribution >= 0.6 is 0 Å². The Morgan fingerprint density at radius 2 is 2.17 bits per heavy atom. The number of nitrogens with zero attached hydrogens (tertiary/aromatic N) is 1. The molecule has 0 bridgehead atoms. The molecule has 2 heteroatoms. The molecular formula is C10H14N2. The predicted octanol–water partition coefficient (Wildman–Crippen LogP) is 2.40. The van der Waals surface area contributed by atoms with Crippen LogP contribution in [0.3, 0.4) is 0 Å². The van der Waals surface area contributed by atoms with Gasteiger partial charge in [0.05, 0.1) is 0 Å². The molecule has 1 aromatic heterocycles. The van der Waals surface area contributed by atoms with E-state index >= 15 is 0 Å². The van der Waals surface area contributed by atoms with Crippen molar-refractivity contribution in [2.75, 3.05) is 5.73 Å². The van der Waals surface area contributed by atoms with E-state index in [0.29, 0.717) is 5.82 Å². The first kappa shape index (κ1) is 8.78. The molecule has 0 amide bonds. The number of aromatic nitrogens is 1. The molecule has 0 unspecified atom stereocenters. The maximum absolute atomic E-state index is 5.66. The molecule has 1 heterocycles. The zero-order chi connectivity index (χ0) is 9.14. The minimum atomic E-state index is 0.616. The molecule has 1 rings (SSSR count). The summed E-state index contributed by atoms with van der Waals surface area (Å²) < 4.78 is 0. The number of rotatable bonds is 1. The Morgan fingerprint density at radius 1 is 1.50 bits per heavy atom. The molecule has 0 aliphatic heterocycles. The first-order valence-electron chi connectivity index (χ1n) is 3.97. The van der Waals surface area contributed by atoms with Gasteiger partial charge < -0.3 is 5.73 Å². The molecule has 0 radical (unpaired) electrons. The van der Waals surface area contributed by atoms with Gasteiger partial charge in [-0.15, -0.1) is 0 Å². The van der Waals surface area contributed by atoms with E-state index in [1.165, 1.54) is 5.57 Å². The number of allylic oxidation sites excluding steroid dienone is 1. The van der Waals surface area contributed by atoms with Crippen LogP contribution in [0.1, 0.15) is 25.0 Å². The lowest BCUT2D eigenvalue weighted by Crippen LogP contribution is -1.95. The van der Waals surface area contributed by atoms with Crippen molar-refractivity contribution in [1.29, 1.82) is 0 Å². The number of hydrogen-bond acceptors (Lipinski definition) is 2. The first-order chi connectivity index (χ1) is 5.61. The molecule has 64 valence electrons. The average molecular weight is 162 g/mol. The first-order valence-corrected chi connectivity index (χ1v) is 3.97. The minimum Gasteiger partial charge on any atom is -0.383 e. The molecule has 2 nitrogen and oxygen atoms in total. The van der Waals surface area contributed by atoms with Crippen LogP contribution in [0, 0.1) is 6.92 Å². The Kier molecular flexibility index (Phi) is 2.48. The van der Waals surface area contributed by atoms with Crippen molar-refractivity contribution in [3.8, 4) is 0 Å². The highest BCUT2D eigenvalue weighted by atomic mass is 14.8. The van der Waals surface area contributed by atoms with Gasteiger partial charge in [-0.25, -0.2) is 4.98 Å². The quantitative estimate of drug-likeness (QED) is 0.688. The maximum Gasteiger partial charge on any atom is 0.126 e. The third kappa shape index (κ3) is 1.84. The number of nitrogens with two attached hydrogens (primary N) is 1. The predicted molar refractivity (Wildman–Crippen MR) is 52.7 cm³/mol. The summed E-state index contributed by atoms with van der Waals surface area (Å²) in [5, 5.41) is 0. The van der Waals surface area contributed by atoms with E-state index in [0.717, 1.165) is 11.1 Å². The molecule has 0 spiro atoms. The van der Waals surface area contributed by atoms with Crippen molar-refractivity contribution in [3.05, 3.63) is 29.0 Å². The highest BCUT2D eigenvalue weighted by Gasteiger charge is 1.98. The Balaban J connectivity index is 3.17. The largest absolute Gasteiger partial charge is 0.383 e. The van der Waals surface area contributed by atoms with E-state index in [1.807, 2.05) is 13.0 Å². The van der Waals surface area contributed by atoms with Gasteiger partial charge in [-0.05, 0) is 38.0 Å². The second kappa shape index (κ2) is 3.39. The molecule has 0 saturated heterocycles. The number of pyridine rings is 1. The molecule has 0 fully saturated rings. The second-order valence-electron chi connectivity index (χ2n) is 3.13. The van der Waals surface area contributed by atoms with Crippen LogP contribution < -0.4 is 5.73 Å². The summed E-state index contributed by atoms with van der Waals surface area (Å²) in [6, 6.07) is 1.97. The van der Waals surface area contributed by atoms with Crippen LogP contribution in [-0.4, -0.2) is 4.98 Å². The van der Waals surface area contributed by atoms with Crippen LogP contribution in [0.5, 0.6) is 0 Å². The van der Waals surface area contributed by atoms with Crippen molar-refractivity contribution in [2.24, 2.45) is 0 Å². The molecular weight excluding hydrogens is 148 g/mol. The van der Waals surface area contributed by atoms with Gasteiger partial charge in [0.2, 0.25) is 0 Å². The third-order valence-electron chi connectivity index (χ3n) is 1.73. The Morgan fingerprint density at radius 3 is 2.75 bits per heavy atom. The molecule has 0 atom stereocenters. The van der Waals surface area contributed by atoms with Gasteiger partial charge in [-0.2, -0.15) is 0 Å². The normalized spacial score (nSPS) is 9.58. The second-order valence-corrected chi connectivity index (χ2v) is 3.13. The standard InChI is InChI=1S/C10H14N2/c1-7(2)6-9-4-5-12-10(11)8(9)3/h4-6H,1-3H3,(H2,11,12). The molecule has 0 aliphatic rings. The smallest absolute Gasteiger partial charge is 0.126 e. The summed E-state index contributed by atoms with van der Waals surface area (Å²) in [6.07, 6.45) is 3.84. The summed E-state index contributed by atoms with van der Waals surface area (Å²) in [7, 11) is 0. The van der Waals surface area contributed by atoms with Gasteiger partial charge in [0, 0.05) is 6.20 Å². The maximum atomic E-state index is 5.66. The molecule has 0 saturated carbocycles. The van der Waals surface area contributed by atoms with Crippen LogP contribution in [0.25, 0.3) is 6.08 Å². The highest BCUT2D eigenvalue weighted by molar-refractivity contribution is 5.60. The lowest BCUT2D eigenvalue weighted by atomic mass is 10.1. The Hall–Kier alpha value is -1.31. The van der Waals surface area contributed by atoms with Crippen molar-refractivity contribution in [1.82, 2.24) is 4.98 Å². The zero-order valence-corrected chi connectivity index (χ0v) is 7.76. The van der Waals surface area contributed by atoms with Gasteiger partial charge in [-0.3, -0.25) is 0 Å². The fraction of sp³-hybridized carbons (Fsp3) is 0.300. The molecule has 12 heavy (non-hydrogen) atoms. The fourth-order valence-corrected chi connectivity index (χ4v) is 1.03. The summed E-state index contributed by atoms with van der Waals surface area (Å²) in [6.45, 7) is 6.11. The fourth-order valence-electron chi connectivity index (χ4n) is 1.03. The third-order valence-corrected chi connectivity index (χ3v) is 1.73. The minimum absolute atomic E-state index is 0.616. The van der Waals surface area contributed by atoms with Crippen molar-refractivity contribution in [3.63, 3.8) is 0 Å². The van der Waals surface area contributed by atoms with E-state index in [1.54, 1.807) is 6.20 Å². The number of nitrogen functional groups attached to an aromatic ring is 1. The van der Waals surface area contributed by atoms with E-state index in [4.69, 9.17) is 5.73 Å². The Bertz CT molecular complexity index is 310. The monoisotopic (exact) mass is 162 g/mol. The lowest BCUT2D eigenvalue weighted by molar-refractivity contribution is 1.26. The summed E-state index contributed by atoms with van der Waals surface area (Å²) in [5.41, 5.74) is 9.13. The van der Waals surface area contributed by atoms with Crippen molar-refractivity contribution < 1.29 is 0 Å². The van der Waals surface area contributed by atoms with Gasteiger partial charge in [0.15, 0.2) is 0 Å². The van der Waals surface area contributed by atoms with Crippen molar-refractivity contribution >= 4 is 11.9 Å². The van der Waals surface area contributed by atoms with E-state index in [9.17, 15) is 0 Å². The van der Waals surface area contributed by atoms with Crippen LogP contribution in [-0.2, 0) is 0 Å². The highest BCUT2D eigenvalue weighted by Crippen LogP contribution is 2.15. The molecule has 0 aromatic carbocycles. The number of anilines is 1. The van der Waals surface area contributed by atoms with Crippen molar-refractivity contribution in [2.45, 2.75) is 20.8 Å². The number of hydrogen-bond donors (Lipinski definition) is 1. The summed E-state index contributed by atoms with van der Waals surface area (Å²) in [4.78, 5) is 4.00. The van der Waals surface area contributed by atoms with Crippen LogP contribution in [0.2, 0.25) is 0 Å². The van der Waals surface area contributed by atoms with Gasteiger partial charge in [0.25, 0.3) is 0 Å².